The Labute approximate surface area is 128 Å². The molecule has 1 fully saturated rings. The van der Waals surface area contributed by atoms with Gasteiger partial charge in [0, 0.05) is 6.04 Å². The number of rotatable bonds is 2. The fourth-order valence-electron chi connectivity index (χ4n) is 2.55. The first-order valence-corrected chi connectivity index (χ1v) is 8.73. The van der Waals surface area contributed by atoms with Gasteiger partial charge in [-0.1, -0.05) is 12.1 Å². The average molecular weight is 324 g/mol. The zero-order valence-corrected chi connectivity index (χ0v) is 12.8. The summed E-state index contributed by atoms with van der Waals surface area (Å²) in [6.45, 7) is 1.37. The Morgan fingerprint density at radius 1 is 1.41 bits per heavy atom. The van der Waals surface area contributed by atoms with Crippen LogP contribution >= 0.6 is 0 Å². The van der Waals surface area contributed by atoms with Crippen molar-refractivity contribution in [3.63, 3.8) is 0 Å². The lowest BCUT2D eigenvalue weighted by Gasteiger charge is -2.33. The number of para-hydroxylation sites is 2. The van der Waals surface area contributed by atoms with Gasteiger partial charge in [-0.2, -0.15) is 0 Å². The molecule has 7 nitrogen and oxygen atoms in total. The molecule has 0 aliphatic carbocycles. The lowest BCUT2D eigenvalue weighted by molar-refractivity contribution is -0.147. The van der Waals surface area contributed by atoms with Gasteiger partial charge in [0.15, 0.2) is 9.84 Å². The molecule has 2 N–H and O–H groups in total. The van der Waals surface area contributed by atoms with Crippen molar-refractivity contribution in [1.29, 1.82) is 0 Å². The molecule has 2 aliphatic rings. The van der Waals surface area contributed by atoms with Crippen LogP contribution in [0.25, 0.3) is 0 Å². The third-order valence-corrected chi connectivity index (χ3v) is 5.65. The third-order valence-electron chi connectivity index (χ3n) is 3.88. The van der Waals surface area contributed by atoms with E-state index in [9.17, 15) is 18.0 Å². The first kappa shape index (κ1) is 14.8. The van der Waals surface area contributed by atoms with Gasteiger partial charge in [-0.15, -0.1) is 0 Å². The topological polar surface area (TPSA) is 102 Å². The highest BCUT2D eigenvalue weighted by Gasteiger charge is 2.48. The van der Waals surface area contributed by atoms with Gasteiger partial charge in [-0.25, -0.2) is 8.42 Å². The van der Waals surface area contributed by atoms with Gasteiger partial charge < -0.3 is 15.4 Å². The molecule has 0 unspecified atom stereocenters. The fourth-order valence-corrected chi connectivity index (χ4v) is 4.22. The maximum absolute atomic E-state index is 12.4. The number of ether oxygens (including phenoxy) is 1. The van der Waals surface area contributed by atoms with E-state index in [1.54, 1.807) is 24.3 Å². The molecule has 1 aromatic carbocycles. The van der Waals surface area contributed by atoms with Crippen LogP contribution in [-0.2, 0) is 19.4 Å². The number of anilines is 1. The summed E-state index contributed by atoms with van der Waals surface area (Å²) in [6, 6.07) is 6.32. The highest BCUT2D eigenvalue weighted by molar-refractivity contribution is 7.91. The number of amides is 2. The predicted molar refractivity (Wildman–Crippen MR) is 79.3 cm³/mol. The van der Waals surface area contributed by atoms with Crippen LogP contribution in [0.15, 0.2) is 24.3 Å². The molecular formula is C14H16N2O5S. The van der Waals surface area contributed by atoms with Gasteiger partial charge in [0.1, 0.15) is 5.75 Å². The Balaban J connectivity index is 1.78. The van der Waals surface area contributed by atoms with E-state index in [2.05, 4.69) is 10.6 Å². The second kappa shape index (κ2) is 4.98. The van der Waals surface area contributed by atoms with Crippen LogP contribution in [0, 0.1) is 0 Å². The number of carbonyl (C=O) groups excluding carboxylic acids is 2. The van der Waals surface area contributed by atoms with Crippen LogP contribution in [0.2, 0.25) is 0 Å². The van der Waals surface area contributed by atoms with Crippen LogP contribution in [-0.4, -0.2) is 43.4 Å². The van der Waals surface area contributed by atoms with Gasteiger partial charge in [0.05, 0.1) is 17.2 Å². The maximum Gasteiger partial charge on any atom is 0.278 e. The molecule has 2 atom stereocenters. The lowest BCUT2D eigenvalue weighted by Crippen LogP contribution is -2.60. The summed E-state index contributed by atoms with van der Waals surface area (Å²) >= 11 is 0. The summed E-state index contributed by atoms with van der Waals surface area (Å²) in [6.07, 6.45) is 0.350. The van der Waals surface area contributed by atoms with Crippen molar-refractivity contribution in [3.05, 3.63) is 24.3 Å². The molecule has 2 amide bonds. The summed E-state index contributed by atoms with van der Waals surface area (Å²) in [4.78, 5) is 24.6. The molecule has 8 heteroatoms. The molecule has 0 spiro atoms. The van der Waals surface area contributed by atoms with E-state index in [0.29, 0.717) is 17.9 Å². The standard InChI is InChI=1S/C14H16N2O5S/c1-14(12(17)15-9-6-7-22(19,20)8-9)13(18)16-10-4-2-3-5-11(10)21-14/h2-5,9H,6-8H2,1H3,(H,15,17)(H,16,18)/t9-,14-/m1/s1. The molecule has 22 heavy (non-hydrogen) atoms. The molecule has 1 saturated heterocycles. The zero-order valence-electron chi connectivity index (χ0n) is 12.0. The normalized spacial score (nSPS) is 29.1. The van der Waals surface area contributed by atoms with E-state index in [-0.39, 0.29) is 11.5 Å². The molecule has 118 valence electrons. The minimum atomic E-state index is -3.11. The van der Waals surface area contributed by atoms with Gasteiger partial charge in [-0.05, 0) is 25.5 Å². The Hall–Kier alpha value is -2.09. The number of hydrogen-bond donors (Lipinski definition) is 2. The molecule has 1 aromatic rings. The van der Waals surface area contributed by atoms with E-state index in [1.165, 1.54) is 6.92 Å². The quantitative estimate of drug-likeness (QED) is 0.750. The minimum absolute atomic E-state index is 0.0462. The Morgan fingerprint density at radius 2 is 2.14 bits per heavy atom. The van der Waals surface area contributed by atoms with Crippen molar-refractivity contribution in [1.82, 2.24) is 5.32 Å². The van der Waals surface area contributed by atoms with Crippen molar-refractivity contribution < 1.29 is 22.7 Å². The highest BCUT2D eigenvalue weighted by Crippen LogP contribution is 2.33. The van der Waals surface area contributed by atoms with Crippen molar-refractivity contribution in [2.75, 3.05) is 16.8 Å². The fraction of sp³-hybridized carbons (Fsp3) is 0.429. The van der Waals surface area contributed by atoms with E-state index in [0.717, 1.165) is 0 Å². The highest BCUT2D eigenvalue weighted by atomic mass is 32.2. The number of sulfone groups is 1. The lowest BCUT2D eigenvalue weighted by atomic mass is 10.0. The Morgan fingerprint density at radius 3 is 2.82 bits per heavy atom. The van der Waals surface area contributed by atoms with E-state index < -0.39 is 33.3 Å². The first-order chi connectivity index (χ1) is 10.3. The smallest absolute Gasteiger partial charge is 0.278 e. The Bertz CT molecular complexity index is 745. The van der Waals surface area contributed by atoms with E-state index in [4.69, 9.17) is 4.74 Å². The summed E-state index contributed by atoms with van der Waals surface area (Å²) < 4.78 is 28.5. The Kier molecular flexibility index (Phi) is 3.36. The number of hydrogen-bond acceptors (Lipinski definition) is 5. The molecule has 3 rings (SSSR count). The second-order valence-corrected chi connectivity index (χ2v) is 7.89. The number of benzene rings is 1. The summed E-state index contributed by atoms with van der Waals surface area (Å²) in [5.74, 6) is -0.873. The second-order valence-electron chi connectivity index (χ2n) is 5.66. The third kappa shape index (κ3) is 2.54. The molecule has 2 aliphatic heterocycles. The van der Waals surface area contributed by atoms with Crippen LogP contribution in [0.1, 0.15) is 13.3 Å². The molecule has 0 aromatic heterocycles. The van der Waals surface area contributed by atoms with Gasteiger partial charge in [0.25, 0.3) is 17.4 Å². The summed E-state index contributed by atoms with van der Waals surface area (Å²) in [5.41, 5.74) is -1.22. The molecular weight excluding hydrogens is 308 g/mol. The molecule has 0 radical (unpaired) electrons. The van der Waals surface area contributed by atoms with Crippen molar-refractivity contribution in [2.24, 2.45) is 0 Å². The minimum Gasteiger partial charge on any atom is -0.466 e. The van der Waals surface area contributed by atoms with Gasteiger partial charge in [0.2, 0.25) is 0 Å². The number of carbonyl (C=O) groups is 2. The zero-order chi connectivity index (χ0) is 16.0. The number of nitrogens with one attached hydrogen (secondary N) is 2. The monoisotopic (exact) mass is 324 g/mol. The van der Waals surface area contributed by atoms with Gasteiger partial charge >= 0.3 is 0 Å². The molecule has 0 bridgehead atoms. The van der Waals surface area contributed by atoms with Crippen LogP contribution in [0.3, 0.4) is 0 Å². The maximum atomic E-state index is 12.4. The van der Waals surface area contributed by atoms with Crippen molar-refractivity contribution in [2.45, 2.75) is 25.0 Å². The van der Waals surface area contributed by atoms with Gasteiger partial charge in [-0.3, -0.25) is 9.59 Å². The summed E-state index contributed by atoms with van der Waals surface area (Å²) in [5, 5.41) is 5.23. The predicted octanol–water partition coefficient (Wildman–Crippen LogP) is 0.0795. The average Bonchev–Trinajstić information content (AvgIpc) is 2.79. The molecule has 0 saturated carbocycles. The van der Waals surface area contributed by atoms with Crippen molar-refractivity contribution in [3.8, 4) is 5.75 Å². The van der Waals surface area contributed by atoms with E-state index >= 15 is 0 Å². The van der Waals surface area contributed by atoms with Crippen LogP contribution < -0.4 is 15.4 Å². The molecule has 2 heterocycles. The van der Waals surface area contributed by atoms with Crippen LogP contribution in [0.4, 0.5) is 5.69 Å². The SMILES string of the molecule is C[C@]1(C(=O)N[C@@H]2CCS(=O)(=O)C2)Oc2ccccc2NC1=O. The largest absolute Gasteiger partial charge is 0.466 e. The van der Waals surface area contributed by atoms with E-state index in [1.807, 2.05) is 0 Å². The summed E-state index contributed by atoms with van der Waals surface area (Å²) in [7, 11) is -3.11. The van der Waals surface area contributed by atoms with Crippen LogP contribution in [0.5, 0.6) is 5.75 Å². The first-order valence-electron chi connectivity index (χ1n) is 6.91. The number of fused-ring (bicyclic) bond motifs is 1. The van der Waals surface area contributed by atoms with Crippen molar-refractivity contribution >= 4 is 27.3 Å².